The molecule has 0 bridgehead atoms. The lowest BCUT2D eigenvalue weighted by Gasteiger charge is -2.26. The molecule has 2 heterocycles. The van der Waals surface area contributed by atoms with Crippen molar-refractivity contribution < 1.29 is 0 Å². The number of hydrogen-bond acceptors (Lipinski definition) is 3. The molecule has 0 aliphatic heterocycles. The maximum Gasteiger partial charge on any atom is 0.125 e. The van der Waals surface area contributed by atoms with Gasteiger partial charge in [0.25, 0.3) is 0 Å². The summed E-state index contributed by atoms with van der Waals surface area (Å²) < 4.78 is 5.57. The fourth-order valence-corrected chi connectivity index (χ4v) is 8.09. The topological polar surface area (TPSA) is 25.2 Å². The molecule has 3 aromatic carbocycles. The predicted octanol–water partition coefficient (Wildman–Crippen LogP) is 6.11. The molecule has 0 atom stereocenters. The highest BCUT2D eigenvalue weighted by Gasteiger charge is 2.27. The molecule has 5 rings (SSSR count). The zero-order chi connectivity index (χ0) is 19.5. The zero-order valence-electron chi connectivity index (χ0n) is 15.7. The monoisotopic (exact) mass is 410 g/mol. The zero-order valence-corrected chi connectivity index (χ0v) is 17.4. The lowest BCUT2D eigenvalue weighted by molar-refractivity contribution is 1.44. The fraction of sp³-hybridized carbons (Fsp3) is 0. The van der Waals surface area contributed by atoms with E-state index in [0.29, 0.717) is 0 Å². The van der Waals surface area contributed by atoms with Crippen LogP contribution in [0.1, 0.15) is 0 Å². The van der Waals surface area contributed by atoms with Gasteiger partial charge in [-0.3, -0.25) is 4.74 Å². The highest BCUT2D eigenvalue weighted by molar-refractivity contribution is 7.87. The van der Waals surface area contributed by atoms with E-state index in [0.717, 1.165) is 15.9 Å². The van der Waals surface area contributed by atoms with Crippen molar-refractivity contribution in [2.45, 2.75) is 0 Å². The van der Waals surface area contributed by atoms with Gasteiger partial charge < -0.3 is 0 Å². The molecule has 2 nitrogen and oxygen atoms in total. The first-order valence-corrected chi connectivity index (χ1v) is 12.1. The van der Waals surface area contributed by atoms with Gasteiger partial charge in [0.1, 0.15) is 4.83 Å². The molecule has 0 radical (unpaired) electrons. The molecule has 0 amide bonds. The molecule has 4 heteroatoms. The van der Waals surface area contributed by atoms with E-state index >= 15 is 0 Å². The standard InChI is InChI=1S/C25H19N2PS/c1-4-11-20(12-5-1)28(21-13-6-2-7-14-21,22-15-8-3-9-16-22)27-24-19-29-25-23(24)17-10-18-26-25/h1-19H. The minimum Gasteiger partial charge on any atom is -0.252 e. The van der Waals surface area contributed by atoms with Gasteiger partial charge in [-0.2, -0.15) is 0 Å². The molecule has 0 saturated heterocycles. The van der Waals surface area contributed by atoms with E-state index in [2.05, 4.69) is 107 Å². The van der Waals surface area contributed by atoms with Gasteiger partial charge in [-0.25, -0.2) is 4.98 Å². The summed E-state index contributed by atoms with van der Waals surface area (Å²) in [5.41, 5.74) is 1.02. The maximum atomic E-state index is 5.57. The Morgan fingerprint density at radius 2 is 1.14 bits per heavy atom. The van der Waals surface area contributed by atoms with E-state index in [1.807, 2.05) is 12.3 Å². The summed E-state index contributed by atoms with van der Waals surface area (Å²) in [6.45, 7) is 0. The minimum absolute atomic E-state index is 1.02. The first-order chi connectivity index (χ1) is 14.4. The molecule has 0 aliphatic rings. The van der Waals surface area contributed by atoms with Crippen molar-refractivity contribution in [3.05, 3.63) is 115 Å². The molecular weight excluding hydrogens is 391 g/mol. The van der Waals surface area contributed by atoms with Crippen LogP contribution in [0.4, 0.5) is 5.69 Å². The van der Waals surface area contributed by atoms with E-state index in [-0.39, 0.29) is 0 Å². The number of benzene rings is 3. The van der Waals surface area contributed by atoms with Crippen LogP contribution in [0.3, 0.4) is 0 Å². The number of aromatic nitrogens is 1. The van der Waals surface area contributed by atoms with Crippen molar-refractivity contribution in [2.24, 2.45) is 4.74 Å². The van der Waals surface area contributed by atoms with E-state index in [4.69, 9.17) is 4.74 Å². The molecule has 0 unspecified atom stereocenters. The van der Waals surface area contributed by atoms with Crippen molar-refractivity contribution in [3.8, 4) is 0 Å². The molecule has 0 aliphatic carbocycles. The summed E-state index contributed by atoms with van der Waals surface area (Å²) in [7, 11) is -2.24. The van der Waals surface area contributed by atoms with Gasteiger partial charge in [0.15, 0.2) is 0 Å². The summed E-state index contributed by atoms with van der Waals surface area (Å²) in [6, 6.07) is 36.2. The number of nitrogens with zero attached hydrogens (tertiary/aromatic N) is 2. The molecule has 0 spiro atoms. The van der Waals surface area contributed by atoms with Crippen LogP contribution in [0.15, 0.2) is 119 Å². The Labute approximate surface area is 174 Å². The highest BCUT2D eigenvalue weighted by atomic mass is 32.1. The van der Waals surface area contributed by atoms with Crippen molar-refractivity contribution in [2.75, 3.05) is 0 Å². The highest BCUT2D eigenvalue weighted by Crippen LogP contribution is 2.50. The number of fused-ring (bicyclic) bond motifs is 1. The smallest absolute Gasteiger partial charge is 0.125 e. The third-order valence-corrected chi connectivity index (χ3v) is 9.52. The SMILES string of the molecule is c1ccc(P(=Nc2csc3ncccc23)(c2ccccc2)c2ccccc2)cc1. The molecule has 29 heavy (non-hydrogen) atoms. The third kappa shape index (κ3) is 3.23. The molecule has 0 saturated carbocycles. The molecule has 0 fully saturated rings. The van der Waals surface area contributed by atoms with Gasteiger partial charge >= 0.3 is 0 Å². The van der Waals surface area contributed by atoms with Crippen molar-refractivity contribution >= 4 is 50.2 Å². The van der Waals surface area contributed by atoms with Crippen LogP contribution >= 0.6 is 18.4 Å². The van der Waals surface area contributed by atoms with Crippen LogP contribution in [0.5, 0.6) is 0 Å². The van der Waals surface area contributed by atoms with Crippen LogP contribution < -0.4 is 15.9 Å². The summed E-state index contributed by atoms with van der Waals surface area (Å²) in [4.78, 5) is 5.55. The van der Waals surface area contributed by atoms with Gasteiger partial charge in [0, 0.05) is 32.9 Å². The van der Waals surface area contributed by atoms with Crippen LogP contribution in [-0.2, 0) is 0 Å². The van der Waals surface area contributed by atoms with Crippen LogP contribution in [-0.4, -0.2) is 4.98 Å². The molecule has 0 N–H and O–H groups in total. The largest absolute Gasteiger partial charge is 0.252 e. The van der Waals surface area contributed by atoms with Gasteiger partial charge in [0.05, 0.1) is 12.7 Å². The fourth-order valence-electron chi connectivity index (χ4n) is 3.65. The van der Waals surface area contributed by atoms with E-state index in [9.17, 15) is 0 Å². The Bertz CT molecular complexity index is 1190. The first kappa shape index (κ1) is 18.1. The third-order valence-electron chi connectivity index (χ3n) is 4.98. The molecule has 140 valence electrons. The summed E-state index contributed by atoms with van der Waals surface area (Å²) >= 11 is 1.65. The molecule has 5 aromatic rings. The quantitative estimate of drug-likeness (QED) is 0.328. The predicted molar refractivity (Wildman–Crippen MR) is 127 cm³/mol. The van der Waals surface area contributed by atoms with Gasteiger partial charge in [-0.05, 0) is 12.1 Å². The Balaban J connectivity index is 1.93. The number of thiophene rings is 1. The average Bonchev–Trinajstić information content (AvgIpc) is 3.22. The minimum atomic E-state index is -2.24. The van der Waals surface area contributed by atoms with Gasteiger partial charge in [-0.1, -0.05) is 91.0 Å². The normalized spacial score (nSPS) is 11.4. The lowest BCUT2D eigenvalue weighted by atomic mass is 10.3. The second-order valence-corrected chi connectivity index (χ2v) is 10.6. The lowest BCUT2D eigenvalue weighted by Crippen LogP contribution is -2.25. The van der Waals surface area contributed by atoms with Gasteiger partial charge in [0.2, 0.25) is 0 Å². The van der Waals surface area contributed by atoms with Crippen molar-refractivity contribution in [3.63, 3.8) is 0 Å². The first-order valence-electron chi connectivity index (χ1n) is 9.49. The van der Waals surface area contributed by atoms with E-state index in [1.165, 1.54) is 15.9 Å². The van der Waals surface area contributed by atoms with Crippen LogP contribution in [0.25, 0.3) is 10.2 Å². The summed E-state index contributed by atoms with van der Waals surface area (Å²) in [6.07, 6.45) is 1.84. The summed E-state index contributed by atoms with van der Waals surface area (Å²) in [5, 5.41) is 7.01. The Kier molecular flexibility index (Phi) is 4.85. The van der Waals surface area contributed by atoms with Crippen molar-refractivity contribution in [1.82, 2.24) is 4.98 Å². The van der Waals surface area contributed by atoms with Gasteiger partial charge in [-0.15, -0.1) is 11.3 Å². The van der Waals surface area contributed by atoms with Crippen molar-refractivity contribution in [1.29, 1.82) is 0 Å². The summed E-state index contributed by atoms with van der Waals surface area (Å²) in [5.74, 6) is 0. The molecule has 2 aromatic heterocycles. The van der Waals surface area contributed by atoms with Crippen LogP contribution in [0, 0.1) is 0 Å². The van der Waals surface area contributed by atoms with E-state index in [1.54, 1.807) is 11.3 Å². The second-order valence-electron chi connectivity index (χ2n) is 6.72. The number of rotatable bonds is 4. The average molecular weight is 410 g/mol. The Morgan fingerprint density at radius 3 is 1.66 bits per heavy atom. The van der Waals surface area contributed by atoms with Crippen LogP contribution in [0.2, 0.25) is 0 Å². The second kappa shape index (κ2) is 7.79. The Hall–Kier alpha value is -3.00. The number of hydrogen-bond donors (Lipinski definition) is 0. The maximum absolute atomic E-state index is 5.57. The van der Waals surface area contributed by atoms with E-state index < -0.39 is 7.05 Å². The molecular formula is C25H19N2PS. The Morgan fingerprint density at radius 1 is 0.621 bits per heavy atom. The number of pyridine rings is 1.